The molecule has 19 heavy (non-hydrogen) atoms. The first-order chi connectivity index (χ1) is 8.69. The number of rotatable bonds is 5. The number of hydrogen-bond donors (Lipinski definition) is 1. The lowest BCUT2D eigenvalue weighted by Gasteiger charge is -2.15. The Kier molecular flexibility index (Phi) is 4.92. The predicted molar refractivity (Wildman–Crippen MR) is 66.1 cm³/mol. The van der Waals surface area contributed by atoms with Crippen molar-refractivity contribution in [3.05, 3.63) is 23.8 Å². The number of benzene rings is 1. The van der Waals surface area contributed by atoms with Crippen molar-refractivity contribution in [3.8, 4) is 5.75 Å². The minimum atomic E-state index is -4.70. The zero-order valence-corrected chi connectivity index (χ0v) is 11.4. The first-order valence-corrected chi connectivity index (χ1v) is 7.20. The summed E-state index contributed by atoms with van der Waals surface area (Å²) in [6.07, 6.45) is -4.70. The van der Waals surface area contributed by atoms with Crippen molar-refractivity contribution in [3.63, 3.8) is 0 Å². The quantitative estimate of drug-likeness (QED) is 0.850. The van der Waals surface area contributed by atoms with Crippen LogP contribution in [0.5, 0.6) is 5.75 Å². The van der Waals surface area contributed by atoms with Crippen LogP contribution in [0.2, 0.25) is 0 Å². The van der Waals surface area contributed by atoms with Crippen LogP contribution >= 0.6 is 11.6 Å². The normalized spacial score (nSPS) is 12.3. The minimum absolute atomic E-state index is 0.0207. The van der Waals surface area contributed by atoms with Crippen LogP contribution in [-0.4, -0.2) is 27.2 Å². The Balaban J connectivity index is 3.21. The van der Waals surface area contributed by atoms with Crippen LogP contribution in [0.3, 0.4) is 0 Å². The second-order valence-corrected chi connectivity index (χ2v) is 5.74. The van der Waals surface area contributed by atoms with Crippen LogP contribution in [0.1, 0.15) is 5.56 Å². The van der Waals surface area contributed by atoms with E-state index in [-0.39, 0.29) is 11.6 Å². The molecule has 4 nitrogen and oxygen atoms in total. The zero-order chi connectivity index (χ0) is 14.7. The van der Waals surface area contributed by atoms with Crippen LogP contribution in [-0.2, 0) is 16.2 Å². The summed E-state index contributed by atoms with van der Waals surface area (Å²) in [5, 5.41) is 0. The lowest BCUT2D eigenvalue weighted by Crippen LogP contribution is -2.20. The maximum atomic E-state index is 12.8. The zero-order valence-electron chi connectivity index (χ0n) is 9.79. The monoisotopic (exact) mass is 317 g/mol. The Hall–Kier alpha value is -1.15. The summed E-state index contributed by atoms with van der Waals surface area (Å²) in [5.74, 6) is -0.710. The van der Waals surface area contributed by atoms with Crippen LogP contribution in [0.4, 0.5) is 18.9 Å². The van der Waals surface area contributed by atoms with E-state index >= 15 is 0 Å². The fourth-order valence-electron chi connectivity index (χ4n) is 1.29. The Morgan fingerprint density at radius 1 is 1.37 bits per heavy atom. The van der Waals surface area contributed by atoms with E-state index in [9.17, 15) is 21.6 Å². The van der Waals surface area contributed by atoms with E-state index < -0.39 is 33.2 Å². The molecule has 0 amide bonds. The van der Waals surface area contributed by atoms with Crippen molar-refractivity contribution < 1.29 is 26.3 Å². The van der Waals surface area contributed by atoms with E-state index in [4.69, 9.17) is 11.6 Å². The van der Waals surface area contributed by atoms with Gasteiger partial charge in [0.2, 0.25) is 10.0 Å². The molecule has 0 fully saturated rings. The number of sulfonamides is 1. The molecular formula is C10H11ClF3NO3S. The van der Waals surface area contributed by atoms with Gasteiger partial charge in [-0.05, 0) is 18.2 Å². The highest BCUT2D eigenvalue weighted by Crippen LogP contribution is 2.37. The number of methoxy groups -OCH3 is 1. The highest BCUT2D eigenvalue weighted by atomic mass is 35.5. The van der Waals surface area contributed by atoms with Gasteiger partial charge in [-0.25, -0.2) is 8.42 Å². The third kappa shape index (κ3) is 4.46. The molecule has 0 heterocycles. The topological polar surface area (TPSA) is 55.4 Å². The molecule has 0 spiro atoms. The highest BCUT2D eigenvalue weighted by Gasteiger charge is 2.35. The molecule has 0 bridgehead atoms. The summed E-state index contributed by atoms with van der Waals surface area (Å²) in [6.45, 7) is 0. The number of hydrogen-bond acceptors (Lipinski definition) is 3. The van der Waals surface area contributed by atoms with E-state index in [1.807, 2.05) is 4.72 Å². The second-order valence-electron chi connectivity index (χ2n) is 3.52. The van der Waals surface area contributed by atoms with E-state index in [0.717, 1.165) is 12.1 Å². The number of alkyl halides is 4. The van der Waals surface area contributed by atoms with Crippen molar-refractivity contribution in [2.24, 2.45) is 0 Å². The van der Waals surface area contributed by atoms with Crippen molar-refractivity contribution >= 4 is 27.3 Å². The molecule has 1 N–H and O–H groups in total. The van der Waals surface area contributed by atoms with E-state index in [0.29, 0.717) is 0 Å². The van der Waals surface area contributed by atoms with Crippen molar-refractivity contribution in [2.75, 3.05) is 23.5 Å². The van der Waals surface area contributed by atoms with Crippen LogP contribution in [0.15, 0.2) is 18.2 Å². The van der Waals surface area contributed by atoms with Crippen molar-refractivity contribution in [2.45, 2.75) is 6.18 Å². The Labute approximate surface area is 113 Å². The first-order valence-electron chi connectivity index (χ1n) is 5.01. The summed E-state index contributed by atoms with van der Waals surface area (Å²) in [4.78, 5) is 0. The standard InChI is InChI=1S/C10H11ClF3NO3S/c1-18-7-2-3-9(8(6-7)10(12,13)14)15-19(16,17)5-4-11/h2-3,6,15H,4-5H2,1H3. The van der Waals surface area contributed by atoms with Gasteiger partial charge in [0.15, 0.2) is 0 Å². The average molecular weight is 318 g/mol. The second kappa shape index (κ2) is 5.87. The van der Waals surface area contributed by atoms with Gasteiger partial charge < -0.3 is 4.74 Å². The Bertz CT molecular complexity index is 545. The lowest BCUT2D eigenvalue weighted by molar-refractivity contribution is -0.137. The van der Waals surface area contributed by atoms with Gasteiger partial charge in [0.1, 0.15) is 5.75 Å². The lowest BCUT2D eigenvalue weighted by atomic mass is 10.1. The van der Waals surface area contributed by atoms with Gasteiger partial charge >= 0.3 is 6.18 Å². The maximum absolute atomic E-state index is 12.8. The molecule has 108 valence electrons. The van der Waals surface area contributed by atoms with Gasteiger partial charge in [0.25, 0.3) is 0 Å². The van der Waals surface area contributed by atoms with Crippen LogP contribution in [0.25, 0.3) is 0 Å². The molecular weight excluding hydrogens is 307 g/mol. The molecule has 1 aromatic carbocycles. The van der Waals surface area contributed by atoms with Gasteiger partial charge in [-0.2, -0.15) is 13.2 Å². The number of halogens is 4. The number of anilines is 1. The Morgan fingerprint density at radius 2 is 2.00 bits per heavy atom. The molecule has 0 saturated carbocycles. The third-order valence-corrected chi connectivity index (χ3v) is 3.83. The SMILES string of the molecule is COc1ccc(NS(=O)(=O)CCCl)c(C(F)(F)F)c1. The first kappa shape index (κ1) is 15.9. The summed E-state index contributed by atoms with van der Waals surface area (Å²) in [7, 11) is -2.69. The maximum Gasteiger partial charge on any atom is 0.418 e. The number of nitrogens with one attached hydrogen (secondary N) is 1. The number of ether oxygens (including phenoxy) is 1. The predicted octanol–water partition coefficient (Wildman–Crippen LogP) is 2.69. The van der Waals surface area contributed by atoms with E-state index in [2.05, 4.69) is 4.74 Å². The minimum Gasteiger partial charge on any atom is -0.497 e. The van der Waals surface area contributed by atoms with Crippen molar-refractivity contribution in [1.29, 1.82) is 0 Å². The smallest absolute Gasteiger partial charge is 0.418 e. The van der Waals surface area contributed by atoms with E-state index in [1.165, 1.54) is 13.2 Å². The van der Waals surface area contributed by atoms with Gasteiger partial charge in [0.05, 0.1) is 24.1 Å². The van der Waals surface area contributed by atoms with Gasteiger partial charge in [-0.3, -0.25) is 4.72 Å². The Morgan fingerprint density at radius 3 is 2.47 bits per heavy atom. The molecule has 0 unspecified atom stereocenters. The molecule has 0 aromatic heterocycles. The fourth-order valence-corrected chi connectivity index (χ4v) is 2.72. The van der Waals surface area contributed by atoms with Crippen LogP contribution < -0.4 is 9.46 Å². The van der Waals surface area contributed by atoms with Gasteiger partial charge in [-0.1, -0.05) is 0 Å². The van der Waals surface area contributed by atoms with E-state index in [1.54, 1.807) is 0 Å². The third-order valence-electron chi connectivity index (χ3n) is 2.14. The molecule has 0 saturated heterocycles. The molecule has 0 aliphatic rings. The summed E-state index contributed by atoms with van der Waals surface area (Å²) in [6, 6.07) is 2.94. The molecule has 9 heteroatoms. The summed E-state index contributed by atoms with van der Waals surface area (Å²) >= 11 is 5.27. The largest absolute Gasteiger partial charge is 0.497 e. The van der Waals surface area contributed by atoms with Gasteiger partial charge in [-0.15, -0.1) is 11.6 Å². The molecule has 0 aliphatic heterocycles. The highest BCUT2D eigenvalue weighted by molar-refractivity contribution is 7.92. The summed E-state index contributed by atoms with van der Waals surface area (Å²) in [5.41, 5.74) is -1.68. The fraction of sp³-hybridized carbons (Fsp3) is 0.400. The molecule has 0 atom stereocenters. The molecule has 1 aromatic rings. The molecule has 0 aliphatic carbocycles. The molecule has 0 radical (unpaired) electrons. The average Bonchev–Trinajstić information content (AvgIpc) is 2.27. The van der Waals surface area contributed by atoms with Gasteiger partial charge in [0, 0.05) is 5.88 Å². The molecule has 1 rings (SSSR count). The van der Waals surface area contributed by atoms with Crippen LogP contribution in [0, 0.1) is 0 Å². The summed E-state index contributed by atoms with van der Waals surface area (Å²) < 4.78 is 67.8. The van der Waals surface area contributed by atoms with Crippen molar-refractivity contribution in [1.82, 2.24) is 0 Å².